The lowest BCUT2D eigenvalue weighted by Crippen LogP contribution is -2.38. The van der Waals surface area contributed by atoms with Crippen LogP contribution >= 0.6 is 0 Å². The molecule has 0 radical (unpaired) electrons. The number of nitrogens with one attached hydrogen (secondary N) is 2. The van der Waals surface area contributed by atoms with Crippen LogP contribution in [-0.2, 0) is 16.0 Å². The minimum Gasteiger partial charge on any atom is -0.612 e. The van der Waals surface area contributed by atoms with Gasteiger partial charge in [0, 0.05) is 18.8 Å². The number of piperidine rings is 1. The van der Waals surface area contributed by atoms with E-state index in [1.165, 1.54) is 4.90 Å². The molecule has 1 fully saturated rings. The average molecular weight is 367 g/mol. The maximum atomic E-state index is 11.9. The Morgan fingerprint density at radius 2 is 1.92 bits per heavy atom. The zero-order chi connectivity index (χ0) is 18.2. The SMILES string of the molecule is C[S+]([O-])c1ccc(NC(=O)CNCCC2CCN(C(=O)O)CC2)cc1. The fourth-order valence-electron chi connectivity index (χ4n) is 2.86. The predicted octanol–water partition coefficient (Wildman–Crippen LogP) is 1.73. The summed E-state index contributed by atoms with van der Waals surface area (Å²) in [7, 11) is 0. The van der Waals surface area contributed by atoms with Crippen molar-refractivity contribution in [2.75, 3.05) is 37.8 Å². The van der Waals surface area contributed by atoms with E-state index in [4.69, 9.17) is 5.11 Å². The summed E-state index contributed by atoms with van der Waals surface area (Å²) in [5.41, 5.74) is 0.682. The van der Waals surface area contributed by atoms with Crippen LogP contribution in [0.2, 0.25) is 0 Å². The molecule has 0 spiro atoms. The Morgan fingerprint density at radius 1 is 1.28 bits per heavy atom. The van der Waals surface area contributed by atoms with E-state index in [9.17, 15) is 14.1 Å². The van der Waals surface area contributed by atoms with Crippen molar-refractivity contribution in [2.45, 2.75) is 24.2 Å². The predicted molar refractivity (Wildman–Crippen MR) is 97.2 cm³/mol. The first-order valence-corrected chi connectivity index (χ1v) is 9.93. The molecule has 0 saturated carbocycles. The molecular weight excluding hydrogens is 342 g/mol. The molecule has 1 aliphatic heterocycles. The third-order valence-corrected chi connectivity index (χ3v) is 5.31. The highest BCUT2D eigenvalue weighted by Crippen LogP contribution is 2.19. The Bertz CT molecular complexity index is 572. The van der Waals surface area contributed by atoms with Crippen molar-refractivity contribution >= 4 is 28.9 Å². The molecule has 1 heterocycles. The van der Waals surface area contributed by atoms with E-state index < -0.39 is 17.3 Å². The highest BCUT2D eigenvalue weighted by atomic mass is 32.2. The van der Waals surface area contributed by atoms with Gasteiger partial charge in [-0.05, 0) is 67.2 Å². The Hall–Kier alpha value is -1.77. The standard InChI is InChI=1S/C17H25N3O4S/c1-25(24)15-4-2-14(3-5-15)19-16(21)12-18-9-6-13-7-10-20(11-8-13)17(22)23/h2-5,13,18H,6-12H2,1H3,(H,19,21)(H,22,23). The Morgan fingerprint density at radius 3 is 2.48 bits per heavy atom. The van der Waals surface area contributed by atoms with Gasteiger partial charge in [0.15, 0.2) is 4.90 Å². The van der Waals surface area contributed by atoms with Gasteiger partial charge in [-0.25, -0.2) is 4.79 Å². The number of benzene rings is 1. The number of anilines is 1. The van der Waals surface area contributed by atoms with Gasteiger partial charge < -0.3 is 25.2 Å². The molecule has 2 amide bonds. The van der Waals surface area contributed by atoms with Gasteiger partial charge in [0.05, 0.1) is 6.54 Å². The van der Waals surface area contributed by atoms with Crippen molar-refractivity contribution in [1.82, 2.24) is 10.2 Å². The van der Waals surface area contributed by atoms with Crippen LogP contribution in [0, 0.1) is 5.92 Å². The summed E-state index contributed by atoms with van der Waals surface area (Å²) in [5, 5.41) is 14.8. The van der Waals surface area contributed by atoms with Gasteiger partial charge in [0.25, 0.3) is 0 Å². The molecule has 8 heteroatoms. The Labute approximate surface area is 151 Å². The molecule has 1 unspecified atom stereocenters. The summed E-state index contributed by atoms with van der Waals surface area (Å²) < 4.78 is 11.3. The highest BCUT2D eigenvalue weighted by molar-refractivity contribution is 7.90. The van der Waals surface area contributed by atoms with E-state index in [0.717, 1.165) is 30.7 Å². The van der Waals surface area contributed by atoms with E-state index in [-0.39, 0.29) is 12.5 Å². The van der Waals surface area contributed by atoms with Crippen LogP contribution in [0.1, 0.15) is 19.3 Å². The fourth-order valence-corrected chi connectivity index (χ4v) is 3.38. The highest BCUT2D eigenvalue weighted by Gasteiger charge is 2.21. The van der Waals surface area contributed by atoms with Gasteiger partial charge in [-0.3, -0.25) is 4.79 Å². The number of likely N-dealkylation sites (tertiary alicyclic amines) is 1. The molecule has 138 valence electrons. The molecule has 1 aromatic carbocycles. The maximum Gasteiger partial charge on any atom is 0.407 e. The normalized spacial score (nSPS) is 16.5. The third kappa shape index (κ3) is 6.56. The third-order valence-electron chi connectivity index (χ3n) is 4.37. The van der Waals surface area contributed by atoms with Crippen molar-refractivity contribution in [3.63, 3.8) is 0 Å². The number of nitrogens with zero attached hydrogens (tertiary/aromatic N) is 1. The van der Waals surface area contributed by atoms with Gasteiger partial charge >= 0.3 is 6.09 Å². The molecule has 0 aromatic heterocycles. The fraction of sp³-hybridized carbons (Fsp3) is 0.529. The number of carboxylic acid groups (broad SMARTS) is 1. The van der Waals surface area contributed by atoms with Crippen LogP contribution in [0.4, 0.5) is 10.5 Å². The van der Waals surface area contributed by atoms with Gasteiger partial charge in [0.1, 0.15) is 6.26 Å². The van der Waals surface area contributed by atoms with Gasteiger partial charge in [-0.1, -0.05) is 0 Å². The average Bonchev–Trinajstić information content (AvgIpc) is 2.59. The van der Waals surface area contributed by atoms with Crippen molar-refractivity contribution in [2.24, 2.45) is 5.92 Å². The lowest BCUT2D eigenvalue weighted by atomic mass is 9.94. The molecule has 3 N–H and O–H groups in total. The van der Waals surface area contributed by atoms with E-state index in [1.54, 1.807) is 30.5 Å². The molecule has 2 rings (SSSR count). The number of hydrogen-bond acceptors (Lipinski definition) is 4. The lowest BCUT2D eigenvalue weighted by molar-refractivity contribution is -0.115. The summed E-state index contributed by atoms with van der Waals surface area (Å²) >= 11 is -1.02. The Balaban J connectivity index is 1.60. The minimum atomic E-state index is -1.02. The molecular formula is C17H25N3O4S. The van der Waals surface area contributed by atoms with Crippen LogP contribution < -0.4 is 10.6 Å². The van der Waals surface area contributed by atoms with Crippen LogP contribution in [0.5, 0.6) is 0 Å². The smallest absolute Gasteiger partial charge is 0.407 e. The summed E-state index contributed by atoms with van der Waals surface area (Å²) in [6.45, 7) is 2.16. The molecule has 7 nitrogen and oxygen atoms in total. The first-order chi connectivity index (χ1) is 12.0. The number of amides is 2. The van der Waals surface area contributed by atoms with Gasteiger partial charge in [-0.15, -0.1) is 0 Å². The second kappa shape index (κ2) is 9.65. The van der Waals surface area contributed by atoms with E-state index in [2.05, 4.69) is 10.6 Å². The second-order valence-corrected chi connectivity index (χ2v) is 7.58. The van der Waals surface area contributed by atoms with Crippen molar-refractivity contribution in [1.29, 1.82) is 0 Å². The number of carbonyl (C=O) groups is 2. The number of carbonyl (C=O) groups excluding carboxylic acids is 1. The maximum absolute atomic E-state index is 11.9. The summed E-state index contributed by atoms with van der Waals surface area (Å²) in [5.74, 6) is 0.389. The summed E-state index contributed by atoms with van der Waals surface area (Å²) in [4.78, 5) is 24.9. The minimum absolute atomic E-state index is 0.119. The molecule has 1 aliphatic rings. The van der Waals surface area contributed by atoms with Crippen molar-refractivity contribution < 1.29 is 19.2 Å². The van der Waals surface area contributed by atoms with Crippen LogP contribution in [0.25, 0.3) is 0 Å². The topological polar surface area (TPSA) is 105 Å². The molecule has 0 bridgehead atoms. The van der Waals surface area contributed by atoms with E-state index in [1.807, 2.05) is 0 Å². The summed E-state index contributed by atoms with van der Waals surface area (Å²) in [6.07, 6.45) is 3.48. The monoisotopic (exact) mass is 367 g/mol. The first-order valence-electron chi connectivity index (χ1n) is 8.37. The van der Waals surface area contributed by atoms with Crippen LogP contribution in [0.3, 0.4) is 0 Å². The van der Waals surface area contributed by atoms with Crippen LogP contribution in [0.15, 0.2) is 29.2 Å². The molecule has 0 aliphatic carbocycles. The summed E-state index contributed by atoms with van der Waals surface area (Å²) in [6, 6.07) is 6.96. The second-order valence-electron chi connectivity index (χ2n) is 6.21. The quantitative estimate of drug-likeness (QED) is 0.503. The zero-order valence-electron chi connectivity index (χ0n) is 14.4. The Kier molecular flexibility index (Phi) is 7.54. The van der Waals surface area contributed by atoms with E-state index in [0.29, 0.717) is 24.7 Å². The van der Waals surface area contributed by atoms with Gasteiger partial charge in [-0.2, -0.15) is 0 Å². The molecule has 1 aromatic rings. The molecule has 1 saturated heterocycles. The first kappa shape index (κ1) is 19.6. The van der Waals surface area contributed by atoms with E-state index >= 15 is 0 Å². The van der Waals surface area contributed by atoms with Crippen LogP contribution in [-0.4, -0.2) is 59.0 Å². The number of hydrogen-bond donors (Lipinski definition) is 3. The zero-order valence-corrected chi connectivity index (χ0v) is 15.2. The lowest BCUT2D eigenvalue weighted by Gasteiger charge is -2.29. The van der Waals surface area contributed by atoms with Gasteiger partial charge in [0.2, 0.25) is 5.91 Å². The largest absolute Gasteiger partial charge is 0.612 e. The molecule has 1 atom stereocenters. The molecule has 25 heavy (non-hydrogen) atoms. The van der Waals surface area contributed by atoms with Crippen molar-refractivity contribution in [3.8, 4) is 0 Å². The van der Waals surface area contributed by atoms with Crippen molar-refractivity contribution in [3.05, 3.63) is 24.3 Å². The number of rotatable bonds is 7.